The Morgan fingerprint density at radius 3 is 2.42 bits per heavy atom. The van der Waals surface area contributed by atoms with E-state index in [-0.39, 0.29) is 23.5 Å². The van der Waals surface area contributed by atoms with E-state index in [0.29, 0.717) is 11.4 Å². The first kappa shape index (κ1) is 18.0. The van der Waals surface area contributed by atoms with Crippen molar-refractivity contribution in [2.75, 3.05) is 12.8 Å². The maximum Gasteiger partial charge on any atom is 0.287 e. The zero-order chi connectivity index (χ0) is 18.5. The lowest BCUT2D eigenvalue weighted by molar-refractivity contribution is -0.124. The highest BCUT2D eigenvalue weighted by Gasteiger charge is 2.31. The molecule has 6 nitrogen and oxygen atoms in total. The standard InChI is InChI=1S/C20H25N3O3/c1-22-20(25)18(14-5-3-2-4-6-14)23-19(24)17-12-11-16(26-17)13-7-9-15(21)10-8-13/h7-12,14,18H,2-6,21H2,1H3,(H,22,25)(H,23,24). The second kappa shape index (κ2) is 8.08. The minimum atomic E-state index is -0.530. The van der Waals surface area contributed by atoms with E-state index in [1.807, 2.05) is 12.1 Å². The van der Waals surface area contributed by atoms with Crippen molar-refractivity contribution < 1.29 is 14.0 Å². The molecule has 3 rings (SSSR count). The van der Waals surface area contributed by atoms with Gasteiger partial charge in [0.1, 0.15) is 11.8 Å². The largest absolute Gasteiger partial charge is 0.451 e. The molecule has 1 atom stereocenters. The van der Waals surface area contributed by atoms with Crippen LogP contribution in [0.15, 0.2) is 40.8 Å². The van der Waals surface area contributed by atoms with Crippen molar-refractivity contribution in [3.05, 3.63) is 42.2 Å². The molecule has 2 amide bonds. The minimum absolute atomic E-state index is 0.157. The highest BCUT2D eigenvalue weighted by molar-refractivity contribution is 5.96. The van der Waals surface area contributed by atoms with Crippen molar-refractivity contribution in [2.45, 2.75) is 38.1 Å². The van der Waals surface area contributed by atoms with Gasteiger partial charge < -0.3 is 20.8 Å². The van der Waals surface area contributed by atoms with Crippen LogP contribution < -0.4 is 16.4 Å². The quantitative estimate of drug-likeness (QED) is 0.718. The van der Waals surface area contributed by atoms with Gasteiger partial charge in [-0.3, -0.25) is 9.59 Å². The summed E-state index contributed by atoms with van der Waals surface area (Å²) >= 11 is 0. The van der Waals surface area contributed by atoms with Gasteiger partial charge in [-0.1, -0.05) is 19.3 Å². The molecule has 0 bridgehead atoms. The number of benzene rings is 1. The smallest absolute Gasteiger partial charge is 0.287 e. The first-order valence-electron chi connectivity index (χ1n) is 9.06. The van der Waals surface area contributed by atoms with Gasteiger partial charge in [0.05, 0.1) is 0 Å². The van der Waals surface area contributed by atoms with Crippen LogP contribution >= 0.6 is 0 Å². The number of hydrogen-bond acceptors (Lipinski definition) is 4. The van der Waals surface area contributed by atoms with E-state index >= 15 is 0 Å². The molecule has 1 heterocycles. The Kier molecular flexibility index (Phi) is 5.61. The molecule has 1 aliphatic carbocycles. The summed E-state index contributed by atoms with van der Waals surface area (Å²) in [4.78, 5) is 24.9. The van der Waals surface area contributed by atoms with Gasteiger partial charge in [-0.15, -0.1) is 0 Å². The normalized spacial score (nSPS) is 16.0. The van der Waals surface area contributed by atoms with Crippen LogP contribution in [0.4, 0.5) is 5.69 Å². The molecule has 1 fully saturated rings. The van der Waals surface area contributed by atoms with Crippen LogP contribution in [0.1, 0.15) is 42.7 Å². The molecule has 2 aromatic rings. The van der Waals surface area contributed by atoms with Gasteiger partial charge in [-0.2, -0.15) is 0 Å². The third kappa shape index (κ3) is 4.07. The minimum Gasteiger partial charge on any atom is -0.451 e. The summed E-state index contributed by atoms with van der Waals surface area (Å²) in [7, 11) is 1.59. The number of hydrogen-bond donors (Lipinski definition) is 3. The van der Waals surface area contributed by atoms with E-state index in [4.69, 9.17) is 10.2 Å². The lowest BCUT2D eigenvalue weighted by atomic mass is 9.83. The average molecular weight is 355 g/mol. The van der Waals surface area contributed by atoms with Gasteiger partial charge in [0, 0.05) is 18.3 Å². The fourth-order valence-corrected chi connectivity index (χ4v) is 3.50. The second-order valence-corrected chi connectivity index (χ2v) is 6.75. The summed E-state index contributed by atoms with van der Waals surface area (Å²) in [5.41, 5.74) is 7.20. The predicted molar refractivity (Wildman–Crippen MR) is 100 cm³/mol. The van der Waals surface area contributed by atoms with Gasteiger partial charge in [-0.25, -0.2) is 0 Å². The number of anilines is 1. The van der Waals surface area contributed by atoms with Gasteiger partial charge in [-0.05, 0) is 55.2 Å². The summed E-state index contributed by atoms with van der Waals surface area (Å²) in [5, 5.41) is 5.52. The number of furan rings is 1. The number of nitrogens with one attached hydrogen (secondary N) is 2. The summed E-state index contributed by atoms with van der Waals surface area (Å²) in [6.07, 6.45) is 5.28. The van der Waals surface area contributed by atoms with Gasteiger partial charge >= 0.3 is 0 Å². The van der Waals surface area contributed by atoms with Crippen LogP contribution in [-0.4, -0.2) is 24.9 Å². The molecule has 138 valence electrons. The number of carbonyl (C=O) groups is 2. The molecule has 0 aliphatic heterocycles. The Labute approximate surface area is 153 Å². The number of nitrogens with two attached hydrogens (primary N) is 1. The number of carbonyl (C=O) groups excluding carboxylic acids is 2. The van der Waals surface area contributed by atoms with Crippen LogP contribution in [0.3, 0.4) is 0 Å². The van der Waals surface area contributed by atoms with Gasteiger partial charge in [0.25, 0.3) is 5.91 Å². The zero-order valence-corrected chi connectivity index (χ0v) is 15.0. The van der Waals surface area contributed by atoms with E-state index < -0.39 is 6.04 Å². The molecule has 1 saturated carbocycles. The molecule has 1 unspecified atom stereocenters. The first-order chi connectivity index (χ1) is 12.6. The van der Waals surface area contributed by atoms with E-state index in [1.54, 1.807) is 31.3 Å². The molecule has 4 N–H and O–H groups in total. The molecule has 1 aromatic heterocycles. The van der Waals surface area contributed by atoms with E-state index in [9.17, 15) is 9.59 Å². The highest BCUT2D eigenvalue weighted by atomic mass is 16.3. The number of amides is 2. The Morgan fingerprint density at radius 2 is 1.77 bits per heavy atom. The fourth-order valence-electron chi connectivity index (χ4n) is 3.50. The van der Waals surface area contributed by atoms with Crippen LogP contribution in [-0.2, 0) is 4.79 Å². The summed E-state index contributed by atoms with van der Waals surface area (Å²) in [5.74, 6) is 0.423. The van der Waals surface area contributed by atoms with E-state index in [1.165, 1.54) is 6.42 Å². The molecule has 26 heavy (non-hydrogen) atoms. The molecule has 1 aromatic carbocycles. The van der Waals surface area contributed by atoms with Crippen molar-refractivity contribution in [1.82, 2.24) is 10.6 Å². The predicted octanol–water partition coefficient (Wildman–Crippen LogP) is 2.95. The number of rotatable bonds is 5. The fraction of sp³-hybridized carbons (Fsp3) is 0.400. The zero-order valence-electron chi connectivity index (χ0n) is 15.0. The Hall–Kier alpha value is -2.76. The summed E-state index contributed by atoms with van der Waals surface area (Å²) < 4.78 is 5.69. The maximum absolute atomic E-state index is 12.6. The van der Waals surface area contributed by atoms with Gasteiger partial charge in [0.15, 0.2) is 5.76 Å². The van der Waals surface area contributed by atoms with E-state index in [0.717, 1.165) is 31.2 Å². The van der Waals surface area contributed by atoms with Crippen LogP contribution in [0.5, 0.6) is 0 Å². The van der Waals surface area contributed by atoms with Crippen molar-refractivity contribution in [1.29, 1.82) is 0 Å². The topological polar surface area (TPSA) is 97.4 Å². The number of likely N-dealkylation sites (N-methyl/N-ethyl adjacent to an activating group) is 1. The molecular formula is C20H25N3O3. The second-order valence-electron chi connectivity index (χ2n) is 6.75. The Balaban J connectivity index is 1.73. The number of nitrogen functional groups attached to an aromatic ring is 1. The molecule has 6 heteroatoms. The third-order valence-electron chi connectivity index (χ3n) is 4.96. The van der Waals surface area contributed by atoms with Crippen LogP contribution in [0, 0.1) is 5.92 Å². The molecule has 1 aliphatic rings. The monoisotopic (exact) mass is 355 g/mol. The maximum atomic E-state index is 12.6. The summed E-state index contributed by atoms with van der Waals surface area (Å²) in [6.45, 7) is 0. The SMILES string of the molecule is CNC(=O)C(NC(=O)c1ccc(-c2ccc(N)cc2)o1)C1CCCCC1. The van der Waals surface area contributed by atoms with Gasteiger partial charge in [0.2, 0.25) is 5.91 Å². The average Bonchev–Trinajstić information content (AvgIpc) is 3.17. The summed E-state index contributed by atoms with van der Waals surface area (Å²) in [6, 6.07) is 10.1. The lowest BCUT2D eigenvalue weighted by Crippen LogP contribution is -2.50. The van der Waals surface area contributed by atoms with Crippen molar-refractivity contribution in [2.24, 2.45) is 5.92 Å². The molecule has 0 radical (unpaired) electrons. The van der Waals surface area contributed by atoms with Crippen LogP contribution in [0.25, 0.3) is 11.3 Å². The molecule has 0 spiro atoms. The highest BCUT2D eigenvalue weighted by Crippen LogP contribution is 2.27. The van der Waals surface area contributed by atoms with Crippen LogP contribution in [0.2, 0.25) is 0 Å². The first-order valence-corrected chi connectivity index (χ1v) is 9.06. The van der Waals surface area contributed by atoms with Crippen molar-refractivity contribution in [3.8, 4) is 11.3 Å². The third-order valence-corrected chi connectivity index (χ3v) is 4.96. The van der Waals surface area contributed by atoms with Crippen molar-refractivity contribution >= 4 is 17.5 Å². The van der Waals surface area contributed by atoms with E-state index in [2.05, 4.69) is 10.6 Å². The van der Waals surface area contributed by atoms with Crippen molar-refractivity contribution in [3.63, 3.8) is 0 Å². The molecular weight excluding hydrogens is 330 g/mol. The Morgan fingerprint density at radius 1 is 1.08 bits per heavy atom. The lowest BCUT2D eigenvalue weighted by Gasteiger charge is -2.29. The Bertz CT molecular complexity index is 761. The molecule has 0 saturated heterocycles.